The predicted molar refractivity (Wildman–Crippen MR) is 69.7 cm³/mol. The van der Waals surface area contributed by atoms with Crippen LogP contribution in [0.15, 0.2) is 18.3 Å². The van der Waals surface area contributed by atoms with E-state index in [1.54, 1.807) is 19.4 Å². The van der Waals surface area contributed by atoms with Gasteiger partial charge in [0.1, 0.15) is 6.04 Å². The van der Waals surface area contributed by atoms with Crippen molar-refractivity contribution < 1.29 is 9.53 Å². The number of ether oxygens (including phenoxy) is 1. The zero-order valence-corrected chi connectivity index (χ0v) is 10.8. The molecule has 2 rings (SSSR count). The van der Waals surface area contributed by atoms with Crippen LogP contribution in [0, 0.1) is 0 Å². The Hall–Kier alpha value is -1.78. The highest BCUT2D eigenvalue weighted by molar-refractivity contribution is 5.84. The number of aromatic nitrogens is 1. The number of nitrogens with zero attached hydrogens (tertiary/aromatic N) is 2. The van der Waals surface area contributed by atoms with Crippen LogP contribution in [0.5, 0.6) is 5.88 Å². The number of hydrogen-bond acceptors (Lipinski definition) is 4. The van der Waals surface area contributed by atoms with Crippen molar-refractivity contribution in [2.75, 3.05) is 25.5 Å². The van der Waals surface area contributed by atoms with Crippen molar-refractivity contribution in [2.24, 2.45) is 0 Å². The summed E-state index contributed by atoms with van der Waals surface area (Å²) >= 11 is 0. The van der Waals surface area contributed by atoms with Crippen LogP contribution in [0.25, 0.3) is 0 Å². The van der Waals surface area contributed by atoms with Gasteiger partial charge in [0.05, 0.1) is 19.0 Å². The third kappa shape index (κ3) is 2.91. The van der Waals surface area contributed by atoms with E-state index in [1.165, 1.54) is 0 Å². The van der Waals surface area contributed by atoms with Gasteiger partial charge in [0.15, 0.2) is 0 Å². The lowest BCUT2D eigenvalue weighted by Gasteiger charge is -2.21. The normalized spacial score (nSPS) is 16.4. The largest absolute Gasteiger partial charge is 0.481 e. The fourth-order valence-electron chi connectivity index (χ4n) is 2.11. The molecule has 18 heavy (non-hydrogen) atoms. The summed E-state index contributed by atoms with van der Waals surface area (Å²) in [6, 6.07) is 3.41. The van der Waals surface area contributed by atoms with Crippen molar-refractivity contribution >= 4 is 11.6 Å². The Morgan fingerprint density at radius 1 is 1.44 bits per heavy atom. The van der Waals surface area contributed by atoms with Gasteiger partial charge in [0, 0.05) is 19.2 Å². The van der Waals surface area contributed by atoms with Gasteiger partial charge in [0.25, 0.3) is 0 Å². The summed E-state index contributed by atoms with van der Waals surface area (Å²) in [5, 5.41) is 3.16. The number of likely N-dealkylation sites (tertiary alicyclic amines) is 1. The van der Waals surface area contributed by atoms with Gasteiger partial charge in [0.2, 0.25) is 11.8 Å². The molecule has 5 heteroatoms. The van der Waals surface area contributed by atoms with Gasteiger partial charge >= 0.3 is 0 Å². The maximum absolute atomic E-state index is 12.1. The van der Waals surface area contributed by atoms with E-state index >= 15 is 0 Å². The maximum atomic E-state index is 12.1. The van der Waals surface area contributed by atoms with Crippen molar-refractivity contribution in [2.45, 2.75) is 25.8 Å². The number of hydrogen-bond donors (Lipinski definition) is 1. The van der Waals surface area contributed by atoms with Crippen LogP contribution in [-0.4, -0.2) is 42.0 Å². The number of methoxy groups -OCH3 is 1. The van der Waals surface area contributed by atoms with E-state index in [2.05, 4.69) is 10.3 Å². The summed E-state index contributed by atoms with van der Waals surface area (Å²) in [5.74, 6) is 0.724. The van der Waals surface area contributed by atoms with Gasteiger partial charge < -0.3 is 15.0 Å². The molecule has 0 aliphatic carbocycles. The van der Waals surface area contributed by atoms with Crippen molar-refractivity contribution in [1.29, 1.82) is 0 Å². The highest BCUT2D eigenvalue weighted by Crippen LogP contribution is 2.14. The number of carbonyl (C=O) groups excluding carboxylic acids is 1. The molecule has 0 spiro atoms. The Morgan fingerprint density at radius 2 is 2.17 bits per heavy atom. The number of amides is 1. The zero-order chi connectivity index (χ0) is 13.0. The minimum Gasteiger partial charge on any atom is -0.481 e. The summed E-state index contributed by atoms with van der Waals surface area (Å²) < 4.78 is 4.99. The second-order valence-electron chi connectivity index (χ2n) is 4.49. The summed E-state index contributed by atoms with van der Waals surface area (Å²) in [4.78, 5) is 18.1. The fraction of sp³-hybridized carbons (Fsp3) is 0.538. The Labute approximate surface area is 107 Å². The first-order valence-electron chi connectivity index (χ1n) is 6.26. The van der Waals surface area contributed by atoms with Gasteiger partial charge in [-0.1, -0.05) is 0 Å². The van der Waals surface area contributed by atoms with Crippen molar-refractivity contribution in [3.05, 3.63) is 18.3 Å². The number of anilines is 1. The smallest absolute Gasteiger partial charge is 0.244 e. The van der Waals surface area contributed by atoms with E-state index in [9.17, 15) is 4.79 Å². The third-order valence-corrected chi connectivity index (χ3v) is 3.12. The Balaban J connectivity index is 1.92. The molecule has 1 aromatic heterocycles. The molecule has 1 aliphatic heterocycles. The molecular formula is C13H19N3O2. The molecule has 0 bridgehead atoms. The van der Waals surface area contributed by atoms with Crippen molar-refractivity contribution in [3.8, 4) is 5.88 Å². The van der Waals surface area contributed by atoms with E-state index in [0.29, 0.717) is 5.88 Å². The minimum atomic E-state index is -0.224. The second-order valence-corrected chi connectivity index (χ2v) is 4.49. The number of pyridine rings is 1. The fourth-order valence-corrected chi connectivity index (χ4v) is 2.11. The van der Waals surface area contributed by atoms with E-state index < -0.39 is 0 Å². The van der Waals surface area contributed by atoms with E-state index in [4.69, 9.17) is 4.74 Å². The lowest BCUT2D eigenvalue weighted by Crippen LogP contribution is -2.39. The highest BCUT2D eigenvalue weighted by Gasteiger charge is 2.22. The van der Waals surface area contributed by atoms with E-state index in [0.717, 1.165) is 31.6 Å². The molecule has 98 valence electrons. The van der Waals surface area contributed by atoms with Crippen LogP contribution in [-0.2, 0) is 4.79 Å². The Bertz CT molecular complexity index is 399. The molecular weight excluding hydrogens is 230 g/mol. The van der Waals surface area contributed by atoms with Crippen LogP contribution in [0.4, 0.5) is 5.69 Å². The Kier molecular flexibility index (Phi) is 4.02. The van der Waals surface area contributed by atoms with Crippen LogP contribution >= 0.6 is 0 Å². The van der Waals surface area contributed by atoms with E-state index in [-0.39, 0.29) is 11.9 Å². The highest BCUT2D eigenvalue weighted by atomic mass is 16.5. The lowest BCUT2D eigenvalue weighted by molar-refractivity contribution is -0.130. The van der Waals surface area contributed by atoms with Crippen molar-refractivity contribution in [3.63, 3.8) is 0 Å². The first kappa shape index (κ1) is 12.7. The third-order valence-electron chi connectivity index (χ3n) is 3.12. The molecule has 1 N–H and O–H groups in total. The molecule has 1 saturated heterocycles. The van der Waals surface area contributed by atoms with Crippen LogP contribution < -0.4 is 10.1 Å². The molecule has 0 aromatic carbocycles. The van der Waals surface area contributed by atoms with Gasteiger partial charge in [-0.15, -0.1) is 0 Å². The van der Waals surface area contributed by atoms with E-state index in [1.807, 2.05) is 17.9 Å². The van der Waals surface area contributed by atoms with Crippen molar-refractivity contribution in [1.82, 2.24) is 9.88 Å². The lowest BCUT2D eigenvalue weighted by atomic mass is 10.2. The SMILES string of the molecule is COc1ccc(NC(C)C(=O)N2CCCC2)cn1. The first-order valence-corrected chi connectivity index (χ1v) is 6.26. The van der Waals surface area contributed by atoms with Crippen LogP contribution in [0.3, 0.4) is 0 Å². The topological polar surface area (TPSA) is 54.5 Å². The summed E-state index contributed by atoms with van der Waals surface area (Å²) in [5.41, 5.74) is 0.829. The Morgan fingerprint density at radius 3 is 2.72 bits per heavy atom. The molecule has 0 saturated carbocycles. The molecule has 1 aromatic rings. The summed E-state index contributed by atoms with van der Waals surface area (Å²) in [6.45, 7) is 3.64. The standard InChI is InChI=1S/C13H19N3O2/c1-10(13(17)16-7-3-4-8-16)15-11-5-6-12(18-2)14-9-11/h5-6,9-10,15H,3-4,7-8H2,1-2H3. The van der Waals surface area contributed by atoms with Crippen LogP contribution in [0.2, 0.25) is 0 Å². The zero-order valence-electron chi connectivity index (χ0n) is 10.8. The molecule has 1 aliphatic rings. The summed E-state index contributed by atoms with van der Waals surface area (Å²) in [7, 11) is 1.58. The van der Waals surface area contributed by atoms with Gasteiger partial charge in [-0.05, 0) is 25.8 Å². The average molecular weight is 249 g/mol. The number of rotatable bonds is 4. The maximum Gasteiger partial charge on any atom is 0.244 e. The summed E-state index contributed by atoms with van der Waals surface area (Å²) in [6.07, 6.45) is 3.90. The number of carbonyl (C=O) groups is 1. The van der Waals surface area contributed by atoms with Gasteiger partial charge in [-0.3, -0.25) is 4.79 Å². The molecule has 1 fully saturated rings. The quantitative estimate of drug-likeness (QED) is 0.879. The van der Waals surface area contributed by atoms with Gasteiger partial charge in [-0.2, -0.15) is 0 Å². The first-order chi connectivity index (χ1) is 8.70. The average Bonchev–Trinajstić information content (AvgIpc) is 2.92. The minimum absolute atomic E-state index is 0.156. The molecule has 1 amide bonds. The molecule has 1 atom stereocenters. The number of nitrogens with one attached hydrogen (secondary N) is 1. The van der Waals surface area contributed by atoms with Gasteiger partial charge in [-0.25, -0.2) is 4.98 Å². The monoisotopic (exact) mass is 249 g/mol. The molecule has 2 heterocycles. The second kappa shape index (κ2) is 5.71. The molecule has 0 radical (unpaired) electrons. The predicted octanol–water partition coefficient (Wildman–Crippen LogP) is 1.51. The van der Waals surface area contributed by atoms with Crippen LogP contribution in [0.1, 0.15) is 19.8 Å². The molecule has 5 nitrogen and oxygen atoms in total. The molecule has 1 unspecified atom stereocenters.